The Morgan fingerprint density at radius 2 is 1.79 bits per heavy atom. The molecule has 0 radical (unpaired) electrons. The summed E-state index contributed by atoms with van der Waals surface area (Å²) in [4.78, 5) is 0. The van der Waals surface area contributed by atoms with Crippen LogP contribution in [0.2, 0.25) is 0 Å². The fourth-order valence-electron chi connectivity index (χ4n) is 1.89. The lowest BCUT2D eigenvalue weighted by Crippen LogP contribution is -2.24. The van der Waals surface area contributed by atoms with Crippen LogP contribution in [0.4, 0.5) is 11.4 Å². The number of sulfonamides is 1. The second kappa shape index (κ2) is 9.15. The van der Waals surface area contributed by atoms with Gasteiger partial charge in [0.2, 0.25) is 10.0 Å². The van der Waals surface area contributed by atoms with Gasteiger partial charge < -0.3 is 10.8 Å². The molecule has 0 atom stereocenters. The fraction of sp³-hybridized carbons (Fsp3) is 0.500. The summed E-state index contributed by atoms with van der Waals surface area (Å²) >= 11 is 0. The van der Waals surface area contributed by atoms with Crippen molar-refractivity contribution >= 4 is 31.8 Å². The van der Waals surface area contributed by atoms with Gasteiger partial charge in [0.1, 0.15) is 0 Å². The van der Waals surface area contributed by atoms with Crippen molar-refractivity contribution in [3.8, 4) is 0 Å². The van der Waals surface area contributed by atoms with Gasteiger partial charge in [0.15, 0.2) is 0 Å². The summed E-state index contributed by atoms with van der Waals surface area (Å²) in [6.07, 6.45) is 1.45. The van der Waals surface area contributed by atoms with Crippen LogP contribution in [-0.4, -0.2) is 46.2 Å². The predicted octanol–water partition coefficient (Wildman–Crippen LogP) is -0.160. The van der Waals surface area contributed by atoms with Gasteiger partial charge in [0, 0.05) is 18.8 Å². The number of nitrogens with one attached hydrogen (secondary N) is 3. The van der Waals surface area contributed by atoms with E-state index in [0.717, 1.165) is 17.5 Å². The van der Waals surface area contributed by atoms with Gasteiger partial charge >= 0.3 is 10.4 Å². The van der Waals surface area contributed by atoms with Gasteiger partial charge in [-0.2, -0.15) is 8.42 Å². The maximum absolute atomic E-state index is 11.1. The second-order valence-electron chi connectivity index (χ2n) is 4.88. The number of hydrogen-bond donors (Lipinski definition) is 4. The molecule has 0 aliphatic rings. The zero-order valence-electron chi connectivity index (χ0n) is 13.6. The molecule has 0 spiro atoms. The molecule has 1 aromatic rings. The molecule has 0 unspecified atom stereocenters. The summed E-state index contributed by atoms with van der Waals surface area (Å²) in [7, 11) is -7.92. The standard InChI is InChI=1S/C12H21N3O6S2.H2O/c1-4-13-12-7-9(2)11(15-21-23(18,19)20)8-10(12)5-6-14-22(3,16)17;/h7-8,13-15H,4-6H2,1-3H3,(H,18,19,20);1H2. The van der Waals surface area contributed by atoms with Crippen molar-refractivity contribution in [3.63, 3.8) is 0 Å². The minimum atomic E-state index is -4.63. The third-order valence-corrected chi connectivity index (χ3v) is 3.86. The Kier molecular flexibility index (Phi) is 8.60. The van der Waals surface area contributed by atoms with Gasteiger partial charge in [-0.15, -0.1) is 4.28 Å². The molecule has 0 aliphatic heterocycles. The second-order valence-corrected chi connectivity index (χ2v) is 7.74. The van der Waals surface area contributed by atoms with Gasteiger partial charge in [-0.3, -0.25) is 4.55 Å². The van der Waals surface area contributed by atoms with Gasteiger partial charge in [0.05, 0.1) is 11.9 Å². The summed E-state index contributed by atoms with van der Waals surface area (Å²) in [5.74, 6) is 0. The lowest BCUT2D eigenvalue weighted by molar-refractivity contribution is 0.320. The van der Waals surface area contributed by atoms with Crippen molar-refractivity contribution in [2.24, 2.45) is 0 Å². The highest BCUT2D eigenvalue weighted by molar-refractivity contribution is 7.88. The summed E-state index contributed by atoms with van der Waals surface area (Å²) in [5.41, 5.74) is 4.76. The third kappa shape index (κ3) is 8.42. The molecule has 0 fully saturated rings. The van der Waals surface area contributed by atoms with Gasteiger partial charge in [0.25, 0.3) is 0 Å². The van der Waals surface area contributed by atoms with E-state index in [9.17, 15) is 16.8 Å². The molecule has 6 N–H and O–H groups in total. The Morgan fingerprint density at radius 3 is 2.29 bits per heavy atom. The molecule has 12 heteroatoms. The van der Waals surface area contributed by atoms with E-state index < -0.39 is 20.4 Å². The Hall–Kier alpha value is -1.44. The molecule has 0 bridgehead atoms. The first-order valence-corrected chi connectivity index (χ1v) is 10.0. The van der Waals surface area contributed by atoms with Crippen LogP contribution in [0.15, 0.2) is 12.1 Å². The average molecular weight is 385 g/mol. The fourth-order valence-corrected chi connectivity index (χ4v) is 2.56. The highest BCUT2D eigenvalue weighted by atomic mass is 32.3. The maximum atomic E-state index is 11.1. The van der Waals surface area contributed by atoms with Crippen LogP contribution >= 0.6 is 0 Å². The van der Waals surface area contributed by atoms with Crippen LogP contribution in [0.5, 0.6) is 0 Å². The zero-order chi connectivity index (χ0) is 17.7. The number of hydrogen-bond acceptors (Lipinski definition) is 7. The highest BCUT2D eigenvalue weighted by Gasteiger charge is 2.11. The molecular weight excluding hydrogens is 362 g/mol. The van der Waals surface area contributed by atoms with E-state index >= 15 is 0 Å². The molecule has 24 heavy (non-hydrogen) atoms. The van der Waals surface area contributed by atoms with E-state index in [2.05, 4.69) is 19.8 Å². The van der Waals surface area contributed by atoms with Crippen LogP contribution in [0.3, 0.4) is 0 Å². The summed E-state index contributed by atoms with van der Waals surface area (Å²) in [6, 6.07) is 3.40. The molecule has 1 rings (SSSR count). The Morgan fingerprint density at radius 1 is 1.17 bits per heavy atom. The lowest BCUT2D eigenvalue weighted by atomic mass is 10.0. The van der Waals surface area contributed by atoms with Gasteiger partial charge in [-0.25, -0.2) is 18.6 Å². The lowest BCUT2D eigenvalue weighted by Gasteiger charge is -2.16. The zero-order valence-corrected chi connectivity index (χ0v) is 15.2. The van der Waals surface area contributed by atoms with E-state index in [0.29, 0.717) is 24.2 Å². The van der Waals surface area contributed by atoms with E-state index in [1.54, 1.807) is 19.1 Å². The SMILES string of the molecule is CCNc1cc(C)c(NOS(=O)(=O)O)cc1CCNS(C)(=O)=O.O. The largest absolute Gasteiger partial charge is 0.418 e. The van der Waals surface area contributed by atoms with Gasteiger partial charge in [-0.1, -0.05) is 0 Å². The normalized spacial score (nSPS) is 11.7. The number of anilines is 2. The van der Waals surface area contributed by atoms with E-state index in [-0.39, 0.29) is 12.0 Å². The predicted molar refractivity (Wildman–Crippen MR) is 91.8 cm³/mol. The number of aryl methyl sites for hydroxylation is 1. The van der Waals surface area contributed by atoms with Crippen LogP contribution in [0.25, 0.3) is 0 Å². The molecule has 0 aliphatic carbocycles. The van der Waals surface area contributed by atoms with Crippen molar-refractivity contribution in [2.75, 3.05) is 30.1 Å². The molecular formula is C12H23N3O7S2. The van der Waals surface area contributed by atoms with Crippen molar-refractivity contribution in [1.29, 1.82) is 0 Å². The monoisotopic (exact) mass is 385 g/mol. The average Bonchev–Trinajstić information content (AvgIpc) is 2.37. The van der Waals surface area contributed by atoms with Crippen LogP contribution in [0.1, 0.15) is 18.1 Å². The van der Waals surface area contributed by atoms with E-state index in [1.807, 2.05) is 6.92 Å². The number of rotatable bonds is 9. The van der Waals surface area contributed by atoms with Crippen LogP contribution < -0.4 is 15.5 Å². The van der Waals surface area contributed by atoms with Crippen molar-refractivity contribution in [2.45, 2.75) is 20.3 Å². The summed E-state index contributed by atoms with van der Waals surface area (Å²) in [5, 5.41) is 3.15. The molecule has 0 saturated carbocycles. The molecule has 0 heterocycles. The van der Waals surface area contributed by atoms with E-state index in [4.69, 9.17) is 4.55 Å². The smallest absolute Gasteiger partial charge is 0.412 e. The Labute approximate surface area is 141 Å². The molecule has 0 saturated heterocycles. The molecule has 0 aromatic heterocycles. The topological polar surface area (TPSA) is 165 Å². The third-order valence-electron chi connectivity index (χ3n) is 2.83. The van der Waals surface area contributed by atoms with Crippen LogP contribution in [0, 0.1) is 6.92 Å². The minimum Gasteiger partial charge on any atom is -0.412 e. The molecule has 1 aromatic carbocycles. The first-order chi connectivity index (χ1) is 10.5. The maximum Gasteiger partial charge on any atom is 0.418 e. The first-order valence-electron chi connectivity index (χ1n) is 6.75. The molecule has 140 valence electrons. The minimum absolute atomic E-state index is 0. The Bertz CT molecular complexity index is 748. The van der Waals surface area contributed by atoms with E-state index in [1.165, 1.54) is 0 Å². The van der Waals surface area contributed by atoms with Gasteiger partial charge in [-0.05, 0) is 43.5 Å². The summed E-state index contributed by atoms with van der Waals surface area (Å²) < 4.78 is 58.6. The number of benzene rings is 1. The Balaban J connectivity index is 0.00000529. The van der Waals surface area contributed by atoms with Crippen molar-refractivity contribution in [3.05, 3.63) is 23.3 Å². The van der Waals surface area contributed by atoms with Crippen molar-refractivity contribution < 1.29 is 31.1 Å². The quantitative estimate of drug-likeness (QED) is 0.336. The first kappa shape index (κ1) is 22.6. The summed E-state index contributed by atoms with van der Waals surface area (Å²) in [6.45, 7) is 4.51. The van der Waals surface area contributed by atoms with Crippen LogP contribution in [-0.2, 0) is 31.1 Å². The van der Waals surface area contributed by atoms with Crippen molar-refractivity contribution in [1.82, 2.24) is 4.72 Å². The highest BCUT2D eigenvalue weighted by Crippen LogP contribution is 2.25. The molecule has 0 amide bonds. The molecule has 10 nitrogen and oxygen atoms in total.